The summed E-state index contributed by atoms with van der Waals surface area (Å²) in [5.74, 6) is 0. The van der Waals surface area contributed by atoms with Crippen LogP contribution in [0.3, 0.4) is 0 Å². The van der Waals surface area contributed by atoms with Gasteiger partial charge in [0.1, 0.15) is 18.9 Å². The van der Waals surface area contributed by atoms with Crippen molar-refractivity contribution >= 4 is 0 Å². The number of nitrogens with one attached hydrogen (secondary N) is 1. The van der Waals surface area contributed by atoms with Gasteiger partial charge in [-0.3, -0.25) is 0 Å². The number of benzene rings is 1. The highest BCUT2D eigenvalue weighted by Gasteiger charge is 2.13. The van der Waals surface area contributed by atoms with Crippen molar-refractivity contribution in [2.75, 3.05) is 6.54 Å². The minimum atomic E-state index is 0.481. The molecule has 0 aliphatic rings. The Hall–Kier alpha value is -1.61. The average molecular weight is 343 g/mol. The van der Waals surface area contributed by atoms with Crippen molar-refractivity contribution in [3.8, 4) is 0 Å². The summed E-state index contributed by atoms with van der Waals surface area (Å²) in [6.07, 6.45) is 17.1. The number of aromatic nitrogens is 2. The number of imidazole rings is 1. The van der Waals surface area contributed by atoms with Crippen LogP contribution in [0, 0.1) is 0 Å². The van der Waals surface area contributed by atoms with Crippen LogP contribution in [0.1, 0.15) is 57.4 Å². The SMILES string of the molecule is CCCCCCCCCN[C@@H](Cc1ccccc1)Cn1cc[n+](C)c1. The third kappa shape index (κ3) is 8.35. The summed E-state index contributed by atoms with van der Waals surface area (Å²) in [4.78, 5) is 0. The van der Waals surface area contributed by atoms with Crippen molar-refractivity contribution < 1.29 is 4.57 Å². The maximum atomic E-state index is 3.80. The molecule has 0 fully saturated rings. The highest BCUT2D eigenvalue weighted by atomic mass is 15.1. The molecule has 138 valence electrons. The molecule has 0 aliphatic carbocycles. The molecule has 0 bridgehead atoms. The number of aryl methyl sites for hydroxylation is 1. The summed E-state index contributed by atoms with van der Waals surface area (Å²) in [5, 5.41) is 3.80. The Morgan fingerprint density at radius 3 is 2.40 bits per heavy atom. The summed E-state index contributed by atoms with van der Waals surface area (Å²) >= 11 is 0. The molecule has 1 aromatic carbocycles. The Bertz CT molecular complexity index is 562. The topological polar surface area (TPSA) is 20.8 Å². The molecule has 25 heavy (non-hydrogen) atoms. The standard InChI is InChI=1S/C22H36N3/c1-3-4-5-6-7-8-12-15-23-22(18-21-13-10-9-11-14-21)19-25-17-16-24(2)20-25/h9-11,13-14,16-17,20,22-23H,3-8,12,15,18-19H2,1-2H3/q+1/t22-/m0/s1. The van der Waals surface area contributed by atoms with Crippen LogP contribution < -0.4 is 9.88 Å². The van der Waals surface area contributed by atoms with E-state index in [0.717, 1.165) is 19.5 Å². The summed E-state index contributed by atoms with van der Waals surface area (Å²) in [6.45, 7) is 4.42. The van der Waals surface area contributed by atoms with Gasteiger partial charge in [-0.1, -0.05) is 75.8 Å². The maximum absolute atomic E-state index is 3.80. The number of hydrogen-bond donors (Lipinski definition) is 1. The quantitative estimate of drug-likeness (QED) is 0.426. The predicted octanol–water partition coefficient (Wildman–Crippen LogP) is 4.26. The van der Waals surface area contributed by atoms with E-state index in [1.54, 1.807) is 0 Å². The highest BCUT2D eigenvalue weighted by molar-refractivity contribution is 5.15. The molecular formula is C22H36N3+. The van der Waals surface area contributed by atoms with Crippen LogP contribution in [0.2, 0.25) is 0 Å². The fourth-order valence-corrected chi connectivity index (χ4v) is 3.35. The Balaban J connectivity index is 1.74. The first-order valence-corrected chi connectivity index (χ1v) is 10.1. The van der Waals surface area contributed by atoms with Gasteiger partial charge < -0.3 is 5.32 Å². The lowest BCUT2D eigenvalue weighted by Gasteiger charge is -2.17. The number of rotatable bonds is 13. The molecule has 0 saturated carbocycles. The van der Waals surface area contributed by atoms with Crippen molar-refractivity contribution in [1.29, 1.82) is 0 Å². The lowest BCUT2D eigenvalue weighted by Crippen LogP contribution is -2.36. The van der Waals surface area contributed by atoms with Crippen molar-refractivity contribution in [3.05, 3.63) is 54.6 Å². The maximum Gasteiger partial charge on any atom is 0.243 e. The predicted molar refractivity (Wildman–Crippen MR) is 106 cm³/mol. The summed E-state index contributed by atoms with van der Waals surface area (Å²) in [6, 6.07) is 11.3. The van der Waals surface area contributed by atoms with Gasteiger partial charge in [0.25, 0.3) is 0 Å². The summed E-state index contributed by atoms with van der Waals surface area (Å²) in [7, 11) is 2.08. The number of unbranched alkanes of at least 4 members (excludes halogenated alkanes) is 6. The molecule has 1 atom stereocenters. The largest absolute Gasteiger partial charge is 0.310 e. The van der Waals surface area contributed by atoms with Gasteiger partial charge >= 0.3 is 0 Å². The van der Waals surface area contributed by atoms with Gasteiger partial charge in [-0.05, 0) is 24.9 Å². The summed E-state index contributed by atoms with van der Waals surface area (Å²) in [5.41, 5.74) is 1.41. The Morgan fingerprint density at radius 1 is 1.00 bits per heavy atom. The van der Waals surface area contributed by atoms with Crippen LogP contribution in [0.4, 0.5) is 0 Å². The zero-order valence-electron chi connectivity index (χ0n) is 16.2. The van der Waals surface area contributed by atoms with Crippen LogP contribution in [0.25, 0.3) is 0 Å². The van der Waals surface area contributed by atoms with Crippen molar-refractivity contribution in [2.45, 2.75) is 70.9 Å². The van der Waals surface area contributed by atoms with E-state index < -0.39 is 0 Å². The molecule has 0 unspecified atom stereocenters. The van der Waals surface area contributed by atoms with Gasteiger partial charge in [-0.25, -0.2) is 9.13 Å². The highest BCUT2D eigenvalue weighted by Crippen LogP contribution is 2.08. The lowest BCUT2D eigenvalue weighted by molar-refractivity contribution is -0.671. The van der Waals surface area contributed by atoms with E-state index in [1.165, 1.54) is 50.5 Å². The molecule has 0 amide bonds. The van der Waals surface area contributed by atoms with Crippen molar-refractivity contribution in [3.63, 3.8) is 0 Å². The smallest absolute Gasteiger partial charge is 0.243 e. The second-order valence-electron chi connectivity index (χ2n) is 7.24. The normalized spacial score (nSPS) is 12.4. The van der Waals surface area contributed by atoms with Crippen molar-refractivity contribution in [1.82, 2.24) is 9.88 Å². The number of nitrogens with zero attached hydrogens (tertiary/aromatic N) is 2. The fourth-order valence-electron chi connectivity index (χ4n) is 3.35. The fraction of sp³-hybridized carbons (Fsp3) is 0.591. The third-order valence-corrected chi connectivity index (χ3v) is 4.79. The zero-order chi connectivity index (χ0) is 17.7. The van der Waals surface area contributed by atoms with Gasteiger partial charge in [-0.2, -0.15) is 0 Å². The molecule has 2 aromatic rings. The van der Waals surface area contributed by atoms with E-state index in [2.05, 4.69) is 77.5 Å². The Labute approximate surface area is 154 Å². The molecule has 3 heteroatoms. The van der Waals surface area contributed by atoms with Crippen LogP contribution in [-0.2, 0) is 20.0 Å². The molecular weight excluding hydrogens is 306 g/mol. The van der Waals surface area contributed by atoms with Gasteiger partial charge in [-0.15, -0.1) is 0 Å². The van der Waals surface area contributed by atoms with Crippen LogP contribution in [0.5, 0.6) is 0 Å². The molecule has 0 spiro atoms. The zero-order valence-corrected chi connectivity index (χ0v) is 16.2. The van der Waals surface area contributed by atoms with E-state index in [1.807, 2.05) is 0 Å². The van der Waals surface area contributed by atoms with Gasteiger partial charge in [0.2, 0.25) is 6.33 Å². The van der Waals surface area contributed by atoms with Crippen LogP contribution in [0.15, 0.2) is 49.1 Å². The average Bonchev–Trinajstić information content (AvgIpc) is 3.03. The van der Waals surface area contributed by atoms with Gasteiger partial charge in [0.05, 0.1) is 7.05 Å². The molecule has 1 heterocycles. The molecule has 0 aliphatic heterocycles. The lowest BCUT2D eigenvalue weighted by atomic mass is 10.1. The molecule has 1 aromatic heterocycles. The molecule has 0 radical (unpaired) electrons. The van der Waals surface area contributed by atoms with E-state index in [9.17, 15) is 0 Å². The van der Waals surface area contributed by atoms with Gasteiger partial charge in [0, 0.05) is 6.04 Å². The molecule has 1 N–H and O–H groups in total. The van der Waals surface area contributed by atoms with Gasteiger partial charge in [0.15, 0.2) is 0 Å². The summed E-state index contributed by atoms with van der Waals surface area (Å²) < 4.78 is 4.39. The monoisotopic (exact) mass is 342 g/mol. The van der Waals surface area contributed by atoms with E-state index in [-0.39, 0.29) is 0 Å². The first-order chi connectivity index (χ1) is 12.3. The van der Waals surface area contributed by atoms with E-state index >= 15 is 0 Å². The van der Waals surface area contributed by atoms with Crippen molar-refractivity contribution in [2.24, 2.45) is 7.05 Å². The minimum absolute atomic E-state index is 0.481. The van der Waals surface area contributed by atoms with Crippen LogP contribution >= 0.6 is 0 Å². The molecule has 3 nitrogen and oxygen atoms in total. The molecule has 0 saturated heterocycles. The van der Waals surface area contributed by atoms with Crippen LogP contribution in [-0.4, -0.2) is 17.2 Å². The Morgan fingerprint density at radius 2 is 1.72 bits per heavy atom. The third-order valence-electron chi connectivity index (χ3n) is 4.79. The molecule has 2 rings (SSSR count). The second kappa shape index (κ2) is 11.9. The minimum Gasteiger partial charge on any atom is -0.310 e. The first-order valence-electron chi connectivity index (χ1n) is 10.1. The second-order valence-corrected chi connectivity index (χ2v) is 7.24. The van der Waals surface area contributed by atoms with E-state index in [0.29, 0.717) is 6.04 Å². The number of hydrogen-bond acceptors (Lipinski definition) is 1. The first kappa shape index (κ1) is 19.7. The Kier molecular flexibility index (Phi) is 9.35. The van der Waals surface area contributed by atoms with E-state index in [4.69, 9.17) is 0 Å².